The highest BCUT2D eigenvalue weighted by Gasteiger charge is 2.39. The van der Waals surface area contributed by atoms with E-state index in [2.05, 4.69) is 5.32 Å². The lowest BCUT2D eigenvalue weighted by molar-refractivity contribution is -0.133. The van der Waals surface area contributed by atoms with E-state index in [4.69, 9.17) is 0 Å². The summed E-state index contributed by atoms with van der Waals surface area (Å²) in [4.78, 5) is 39.4. The molecule has 6 nitrogen and oxygen atoms in total. The van der Waals surface area contributed by atoms with E-state index in [0.717, 1.165) is 0 Å². The number of nitrogens with one attached hydrogen (secondary N) is 1. The highest BCUT2D eigenvalue weighted by molar-refractivity contribution is 6.10. The van der Waals surface area contributed by atoms with E-state index in [1.54, 1.807) is 34.1 Å². The first-order chi connectivity index (χ1) is 9.58. The average Bonchev–Trinajstić information content (AvgIpc) is 2.55. The first-order valence-corrected chi connectivity index (χ1v) is 6.54. The molecule has 0 saturated carbocycles. The highest BCUT2D eigenvalue weighted by Crippen LogP contribution is 2.25. The number of carbonyl (C=O) groups excluding carboxylic acids is 3. The van der Waals surface area contributed by atoms with Crippen LogP contribution in [0.15, 0.2) is 24.3 Å². The van der Waals surface area contributed by atoms with Gasteiger partial charge in [0.2, 0.25) is 11.8 Å². The Bertz CT molecular complexity index is 599. The third-order valence-corrected chi connectivity index (χ3v) is 3.80. The summed E-state index contributed by atoms with van der Waals surface area (Å²) in [7, 11) is 0. The summed E-state index contributed by atoms with van der Waals surface area (Å²) in [6, 6.07) is 6.35. The zero-order chi connectivity index (χ0) is 14.3. The molecule has 2 heterocycles. The van der Waals surface area contributed by atoms with E-state index < -0.39 is 6.04 Å². The average molecular weight is 273 g/mol. The third-order valence-electron chi connectivity index (χ3n) is 3.80. The summed E-state index contributed by atoms with van der Waals surface area (Å²) >= 11 is 0. The van der Waals surface area contributed by atoms with Crippen LogP contribution in [0.25, 0.3) is 0 Å². The molecule has 0 aliphatic carbocycles. The van der Waals surface area contributed by atoms with Gasteiger partial charge in [0, 0.05) is 20.0 Å². The van der Waals surface area contributed by atoms with E-state index >= 15 is 0 Å². The second-order valence-electron chi connectivity index (χ2n) is 5.01. The lowest BCUT2D eigenvalue weighted by Crippen LogP contribution is -2.59. The maximum absolute atomic E-state index is 12.5. The van der Waals surface area contributed by atoms with Crippen LogP contribution in [0.4, 0.5) is 5.69 Å². The van der Waals surface area contributed by atoms with Crippen LogP contribution in [0, 0.1) is 0 Å². The lowest BCUT2D eigenvalue weighted by Gasteiger charge is -2.38. The Morgan fingerprint density at radius 2 is 2.00 bits per heavy atom. The number of para-hydroxylation sites is 1. The predicted molar refractivity (Wildman–Crippen MR) is 72.2 cm³/mol. The van der Waals surface area contributed by atoms with Gasteiger partial charge in [-0.1, -0.05) is 12.1 Å². The summed E-state index contributed by atoms with van der Waals surface area (Å²) in [5.74, 6) is -0.479. The number of hydrogen-bond acceptors (Lipinski definition) is 3. The molecule has 0 radical (unpaired) electrons. The molecule has 1 aromatic rings. The summed E-state index contributed by atoms with van der Waals surface area (Å²) in [5.41, 5.74) is 1.03. The fraction of sp³-hybridized carbons (Fsp3) is 0.357. The van der Waals surface area contributed by atoms with Gasteiger partial charge in [0.25, 0.3) is 5.91 Å². The predicted octanol–water partition coefficient (Wildman–Crippen LogP) is 0.312. The van der Waals surface area contributed by atoms with Gasteiger partial charge < -0.3 is 15.1 Å². The second kappa shape index (κ2) is 4.63. The minimum atomic E-state index is -0.618. The van der Waals surface area contributed by atoms with Gasteiger partial charge in [-0.15, -0.1) is 0 Å². The van der Waals surface area contributed by atoms with Crippen molar-refractivity contribution in [2.45, 2.75) is 13.0 Å². The first kappa shape index (κ1) is 12.7. The Hall–Kier alpha value is -2.37. The molecule has 2 aliphatic rings. The minimum absolute atomic E-state index is 0.0772. The van der Waals surface area contributed by atoms with Gasteiger partial charge in [-0.3, -0.25) is 14.4 Å². The Morgan fingerprint density at radius 3 is 2.75 bits per heavy atom. The van der Waals surface area contributed by atoms with Crippen molar-refractivity contribution in [2.24, 2.45) is 0 Å². The summed E-state index contributed by atoms with van der Waals surface area (Å²) < 4.78 is 0. The van der Waals surface area contributed by atoms with Crippen molar-refractivity contribution in [1.29, 1.82) is 0 Å². The Balaban J connectivity index is 1.97. The molecule has 1 saturated heterocycles. The number of anilines is 1. The van der Waals surface area contributed by atoms with Crippen LogP contribution in [-0.4, -0.2) is 53.2 Å². The molecule has 1 aromatic carbocycles. The van der Waals surface area contributed by atoms with Gasteiger partial charge in [0.05, 0.1) is 17.8 Å². The van der Waals surface area contributed by atoms with Crippen LogP contribution in [0.3, 0.4) is 0 Å². The monoisotopic (exact) mass is 273 g/mol. The minimum Gasteiger partial charge on any atom is -0.339 e. The molecule has 6 heteroatoms. The maximum atomic E-state index is 12.5. The van der Waals surface area contributed by atoms with Gasteiger partial charge >= 0.3 is 0 Å². The van der Waals surface area contributed by atoms with Crippen LogP contribution in [0.5, 0.6) is 0 Å². The van der Waals surface area contributed by atoms with E-state index in [-0.39, 0.29) is 24.3 Å². The fourth-order valence-electron chi connectivity index (χ4n) is 2.69. The SMILES string of the molecule is CC(=O)N1CCN2C(=O)c3ccccc3NC(=O)[C@H]2C1. The molecule has 1 N–H and O–H groups in total. The molecule has 0 bridgehead atoms. The number of amides is 3. The first-order valence-electron chi connectivity index (χ1n) is 6.54. The Labute approximate surface area is 116 Å². The van der Waals surface area contributed by atoms with E-state index in [1.165, 1.54) is 6.92 Å². The molecular weight excluding hydrogens is 258 g/mol. The van der Waals surface area contributed by atoms with Crippen LogP contribution < -0.4 is 5.32 Å². The number of benzene rings is 1. The smallest absolute Gasteiger partial charge is 0.256 e. The molecule has 3 rings (SSSR count). The largest absolute Gasteiger partial charge is 0.339 e. The summed E-state index contributed by atoms with van der Waals surface area (Å²) in [5, 5.41) is 2.77. The molecule has 0 aromatic heterocycles. The number of fused-ring (bicyclic) bond motifs is 2. The molecular formula is C14H15N3O3. The fourth-order valence-corrected chi connectivity index (χ4v) is 2.69. The number of rotatable bonds is 0. The van der Waals surface area contributed by atoms with Crippen molar-refractivity contribution in [3.8, 4) is 0 Å². The quantitative estimate of drug-likeness (QED) is 0.739. The van der Waals surface area contributed by atoms with Gasteiger partial charge in [-0.25, -0.2) is 0 Å². The van der Waals surface area contributed by atoms with E-state index in [0.29, 0.717) is 24.3 Å². The Kier molecular flexibility index (Phi) is 2.93. The van der Waals surface area contributed by atoms with Crippen molar-refractivity contribution in [3.63, 3.8) is 0 Å². The normalized spacial score (nSPS) is 21.8. The third kappa shape index (κ3) is 1.93. The molecule has 1 atom stereocenters. The van der Waals surface area contributed by atoms with Crippen LogP contribution in [0.1, 0.15) is 17.3 Å². The second-order valence-corrected chi connectivity index (χ2v) is 5.01. The van der Waals surface area contributed by atoms with E-state index in [1.807, 2.05) is 0 Å². The van der Waals surface area contributed by atoms with Crippen molar-refractivity contribution in [2.75, 3.05) is 25.0 Å². The van der Waals surface area contributed by atoms with Gasteiger partial charge in [-0.05, 0) is 12.1 Å². The van der Waals surface area contributed by atoms with Crippen LogP contribution in [0.2, 0.25) is 0 Å². The number of carbonyl (C=O) groups is 3. The standard InChI is InChI=1S/C14H15N3O3/c1-9(18)16-6-7-17-12(8-16)13(19)15-11-5-3-2-4-10(11)14(17)20/h2-5,12H,6-8H2,1H3,(H,15,19)/t12-/m1/s1. The molecule has 0 spiro atoms. The maximum Gasteiger partial charge on any atom is 0.256 e. The van der Waals surface area contributed by atoms with E-state index in [9.17, 15) is 14.4 Å². The molecule has 20 heavy (non-hydrogen) atoms. The molecule has 1 fully saturated rings. The van der Waals surface area contributed by atoms with Crippen molar-refractivity contribution in [1.82, 2.24) is 9.80 Å². The highest BCUT2D eigenvalue weighted by atomic mass is 16.2. The van der Waals surface area contributed by atoms with Crippen molar-refractivity contribution in [3.05, 3.63) is 29.8 Å². The summed E-state index contributed by atoms with van der Waals surface area (Å²) in [6.07, 6.45) is 0. The molecule has 2 aliphatic heterocycles. The van der Waals surface area contributed by atoms with Crippen molar-refractivity contribution < 1.29 is 14.4 Å². The van der Waals surface area contributed by atoms with Gasteiger partial charge in [0.15, 0.2) is 0 Å². The van der Waals surface area contributed by atoms with Crippen LogP contribution >= 0.6 is 0 Å². The number of nitrogens with zero attached hydrogens (tertiary/aromatic N) is 2. The molecule has 104 valence electrons. The Morgan fingerprint density at radius 1 is 1.25 bits per heavy atom. The zero-order valence-electron chi connectivity index (χ0n) is 11.1. The number of hydrogen-bond donors (Lipinski definition) is 1. The summed E-state index contributed by atoms with van der Waals surface area (Å²) in [6.45, 7) is 2.57. The van der Waals surface area contributed by atoms with Gasteiger partial charge in [-0.2, -0.15) is 0 Å². The van der Waals surface area contributed by atoms with Gasteiger partial charge in [0.1, 0.15) is 6.04 Å². The zero-order valence-corrected chi connectivity index (χ0v) is 11.1. The number of piperazine rings is 1. The topological polar surface area (TPSA) is 69.7 Å². The molecule has 0 unspecified atom stereocenters. The molecule has 3 amide bonds. The van der Waals surface area contributed by atoms with Crippen molar-refractivity contribution >= 4 is 23.4 Å². The van der Waals surface area contributed by atoms with Crippen LogP contribution in [-0.2, 0) is 9.59 Å². The lowest BCUT2D eigenvalue weighted by atomic mass is 10.1.